The summed E-state index contributed by atoms with van der Waals surface area (Å²) in [4.78, 5) is 16.3. The Morgan fingerprint density at radius 1 is 1.09 bits per heavy atom. The number of hydrogen-bond acceptors (Lipinski definition) is 7. The Labute approximate surface area is 199 Å². The maximum atomic E-state index is 14.2. The number of nitrogens with one attached hydrogen (secondary N) is 2. The van der Waals surface area contributed by atoms with Crippen LogP contribution >= 0.6 is 0 Å². The van der Waals surface area contributed by atoms with Crippen molar-refractivity contribution in [3.8, 4) is 0 Å². The predicted octanol–water partition coefficient (Wildman–Crippen LogP) is 6.12. The Bertz CT molecular complexity index is 1280. The van der Waals surface area contributed by atoms with Gasteiger partial charge >= 0.3 is 6.18 Å². The Hall–Kier alpha value is -4.41. The lowest BCUT2D eigenvalue weighted by molar-refractivity contribution is -0.137. The van der Waals surface area contributed by atoms with Crippen LogP contribution in [0.3, 0.4) is 0 Å². The van der Waals surface area contributed by atoms with Crippen molar-refractivity contribution in [3.05, 3.63) is 96.0 Å². The van der Waals surface area contributed by atoms with Crippen molar-refractivity contribution in [2.45, 2.75) is 20.0 Å². The highest BCUT2D eigenvalue weighted by Crippen LogP contribution is 2.31. The lowest BCUT2D eigenvalue weighted by atomic mass is 10.2. The van der Waals surface area contributed by atoms with E-state index in [1.807, 2.05) is 0 Å². The van der Waals surface area contributed by atoms with Crippen LogP contribution in [0.1, 0.15) is 30.8 Å². The molecule has 3 rings (SSSR count). The summed E-state index contributed by atoms with van der Waals surface area (Å²) in [5.74, 6) is -0.609. The van der Waals surface area contributed by atoms with Gasteiger partial charge in [-0.05, 0) is 50.3 Å². The first-order valence-corrected chi connectivity index (χ1v) is 10.2. The summed E-state index contributed by atoms with van der Waals surface area (Å²) in [5, 5.41) is 6.87. The van der Waals surface area contributed by atoms with Gasteiger partial charge in [0.1, 0.15) is 5.69 Å². The van der Waals surface area contributed by atoms with Crippen LogP contribution in [-0.2, 0) is 6.18 Å². The molecule has 1 aromatic carbocycles. The molecule has 0 saturated carbocycles. The predicted molar refractivity (Wildman–Crippen MR) is 128 cm³/mol. The van der Waals surface area contributed by atoms with Gasteiger partial charge in [-0.15, -0.1) is 0 Å². The number of nitrogens with zero attached hydrogens (tertiary/aromatic N) is 5. The molecule has 2 heterocycles. The first kappa shape index (κ1) is 25.2. The van der Waals surface area contributed by atoms with Crippen LogP contribution in [0, 0.1) is 5.82 Å². The summed E-state index contributed by atoms with van der Waals surface area (Å²) < 4.78 is 52.8. The molecule has 180 valence electrons. The number of rotatable bonds is 8. The van der Waals surface area contributed by atoms with E-state index in [0.717, 1.165) is 18.3 Å². The largest absolute Gasteiger partial charge is 0.416 e. The molecule has 2 N–H and O–H groups in total. The monoisotopic (exact) mass is 483 g/mol. The van der Waals surface area contributed by atoms with Crippen LogP contribution < -0.4 is 10.7 Å². The van der Waals surface area contributed by atoms with Crippen LogP contribution in [-0.4, -0.2) is 26.9 Å². The zero-order valence-electron chi connectivity index (χ0n) is 18.8. The number of hydrazone groups is 1. The fourth-order valence-electron chi connectivity index (χ4n) is 2.78. The van der Waals surface area contributed by atoms with Gasteiger partial charge < -0.3 is 5.32 Å². The minimum atomic E-state index is -4.43. The van der Waals surface area contributed by atoms with E-state index in [1.54, 1.807) is 38.1 Å². The maximum Gasteiger partial charge on any atom is 0.416 e. The lowest BCUT2D eigenvalue weighted by Gasteiger charge is -2.10. The molecule has 2 aromatic heterocycles. The van der Waals surface area contributed by atoms with E-state index < -0.39 is 17.6 Å². The standard InChI is InChI=1S/C24H21F4N7/c1-4-6-21(32-15(2)3)22-20(25)14-30-23(34-22)35-31-13-18-9-10-19(12-29-18)33-17-8-5-7-16(11-17)24(26,27)28/h4-14,33H,2H2,1,3H3,(H,30,34,35)/b6-4-,31-13-,32-21?. The van der Waals surface area contributed by atoms with Crippen molar-refractivity contribution < 1.29 is 17.6 Å². The second kappa shape index (κ2) is 11.1. The molecule has 0 fully saturated rings. The van der Waals surface area contributed by atoms with Crippen LogP contribution in [0.4, 0.5) is 34.9 Å². The smallest absolute Gasteiger partial charge is 0.354 e. The molecule has 0 spiro atoms. The number of hydrogen-bond donors (Lipinski definition) is 2. The molecule has 0 aliphatic rings. The number of aromatic nitrogens is 3. The van der Waals surface area contributed by atoms with Gasteiger partial charge in [-0.25, -0.2) is 19.8 Å². The third kappa shape index (κ3) is 7.29. The molecule has 3 aromatic rings. The van der Waals surface area contributed by atoms with Gasteiger partial charge in [0, 0.05) is 11.4 Å². The molecule has 35 heavy (non-hydrogen) atoms. The molecule has 0 bridgehead atoms. The van der Waals surface area contributed by atoms with Crippen molar-refractivity contribution in [2.24, 2.45) is 10.1 Å². The van der Waals surface area contributed by atoms with Gasteiger partial charge in [-0.3, -0.25) is 9.98 Å². The molecule has 0 unspecified atom stereocenters. The van der Waals surface area contributed by atoms with E-state index in [2.05, 4.69) is 42.4 Å². The SMILES string of the molecule is C=C(C)N=C(/C=C\C)c1nc(N/N=C\c2ccc(Nc3cccc(C(F)(F)F)c3)cn2)ncc1F. The number of halogens is 4. The first-order valence-electron chi connectivity index (χ1n) is 10.2. The Morgan fingerprint density at radius 3 is 2.54 bits per heavy atom. The number of benzene rings is 1. The highest BCUT2D eigenvalue weighted by atomic mass is 19.4. The van der Waals surface area contributed by atoms with Crippen molar-refractivity contribution in [1.82, 2.24) is 15.0 Å². The summed E-state index contributed by atoms with van der Waals surface area (Å²) in [6, 6.07) is 8.10. The summed E-state index contributed by atoms with van der Waals surface area (Å²) in [6.07, 6.45) is 2.71. The lowest BCUT2D eigenvalue weighted by Crippen LogP contribution is -2.08. The van der Waals surface area contributed by atoms with E-state index >= 15 is 0 Å². The average Bonchev–Trinajstić information content (AvgIpc) is 2.80. The van der Waals surface area contributed by atoms with Crippen molar-refractivity contribution in [1.29, 1.82) is 0 Å². The minimum absolute atomic E-state index is 0.0121. The zero-order chi connectivity index (χ0) is 25.4. The van der Waals surface area contributed by atoms with Crippen LogP contribution in [0.5, 0.6) is 0 Å². The summed E-state index contributed by atoms with van der Waals surface area (Å²) in [6.45, 7) is 7.15. The van der Waals surface area contributed by atoms with E-state index in [-0.39, 0.29) is 23.0 Å². The van der Waals surface area contributed by atoms with Crippen LogP contribution in [0.2, 0.25) is 0 Å². The van der Waals surface area contributed by atoms with Crippen LogP contribution in [0.15, 0.2) is 83.3 Å². The highest BCUT2D eigenvalue weighted by Gasteiger charge is 2.30. The van der Waals surface area contributed by atoms with Gasteiger partial charge in [0.15, 0.2) is 5.82 Å². The molecule has 0 atom stereocenters. The topological polar surface area (TPSA) is 87.5 Å². The van der Waals surface area contributed by atoms with Gasteiger partial charge in [-0.2, -0.15) is 18.3 Å². The molecule has 7 nitrogen and oxygen atoms in total. The Kier molecular flexibility index (Phi) is 8.03. The third-order valence-corrected chi connectivity index (χ3v) is 4.25. The fourth-order valence-corrected chi connectivity index (χ4v) is 2.78. The van der Waals surface area contributed by atoms with Crippen molar-refractivity contribution in [3.63, 3.8) is 0 Å². The molecule has 11 heteroatoms. The molecule has 0 aliphatic carbocycles. The van der Waals surface area contributed by atoms with Gasteiger partial charge in [0.2, 0.25) is 5.95 Å². The highest BCUT2D eigenvalue weighted by molar-refractivity contribution is 6.08. The third-order valence-electron chi connectivity index (χ3n) is 4.25. The number of alkyl halides is 3. The Morgan fingerprint density at radius 2 is 1.89 bits per heavy atom. The van der Waals surface area contributed by atoms with E-state index in [9.17, 15) is 17.6 Å². The fraction of sp³-hybridized carbons (Fsp3) is 0.125. The summed E-state index contributed by atoms with van der Waals surface area (Å²) >= 11 is 0. The summed E-state index contributed by atoms with van der Waals surface area (Å²) in [7, 11) is 0. The second-order valence-corrected chi connectivity index (χ2v) is 7.17. The Balaban J connectivity index is 1.68. The maximum absolute atomic E-state index is 14.2. The van der Waals surface area contributed by atoms with E-state index in [0.29, 0.717) is 17.1 Å². The molecule has 0 radical (unpaired) electrons. The molecular weight excluding hydrogens is 462 g/mol. The van der Waals surface area contributed by atoms with Gasteiger partial charge in [-0.1, -0.05) is 18.7 Å². The molecular formula is C24H21F4N7. The first-order chi connectivity index (χ1) is 16.7. The van der Waals surface area contributed by atoms with Gasteiger partial charge in [0.05, 0.1) is 41.3 Å². The van der Waals surface area contributed by atoms with E-state index in [1.165, 1.54) is 24.5 Å². The van der Waals surface area contributed by atoms with Crippen molar-refractivity contribution in [2.75, 3.05) is 10.7 Å². The summed E-state index contributed by atoms with van der Waals surface area (Å²) in [5.41, 5.74) is 3.84. The number of anilines is 3. The second-order valence-electron chi connectivity index (χ2n) is 7.17. The molecule has 0 amide bonds. The van der Waals surface area contributed by atoms with Gasteiger partial charge in [0.25, 0.3) is 0 Å². The quantitative estimate of drug-likeness (QED) is 0.229. The number of allylic oxidation sites excluding steroid dienone is 3. The number of pyridine rings is 1. The average molecular weight is 483 g/mol. The van der Waals surface area contributed by atoms with E-state index in [4.69, 9.17) is 0 Å². The minimum Gasteiger partial charge on any atom is -0.354 e. The normalized spacial score (nSPS) is 12.3. The van der Waals surface area contributed by atoms with Crippen LogP contribution in [0.25, 0.3) is 0 Å². The zero-order valence-corrected chi connectivity index (χ0v) is 18.8. The molecule has 0 saturated heterocycles. The number of aliphatic imine (C=N–C) groups is 1. The van der Waals surface area contributed by atoms with Crippen molar-refractivity contribution >= 4 is 29.2 Å². The molecule has 0 aliphatic heterocycles.